The van der Waals surface area contributed by atoms with Crippen molar-refractivity contribution in [3.05, 3.63) is 71.6 Å². The predicted molar refractivity (Wildman–Crippen MR) is 129 cm³/mol. The van der Waals surface area contributed by atoms with Gasteiger partial charge in [0.1, 0.15) is 0 Å². The lowest BCUT2D eigenvalue weighted by Gasteiger charge is -2.34. The third-order valence-corrected chi connectivity index (χ3v) is 6.03. The molecule has 0 saturated carbocycles. The van der Waals surface area contributed by atoms with E-state index in [1.807, 2.05) is 54.3 Å². The minimum Gasteiger partial charge on any atom is -0.352 e. The molecule has 0 unspecified atom stereocenters. The van der Waals surface area contributed by atoms with Gasteiger partial charge >= 0.3 is 0 Å². The fourth-order valence-corrected chi connectivity index (χ4v) is 3.98. The van der Waals surface area contributed by atoms with Crippen molar-refractivity contribution < 1.29 is 14.1 Å². The minimum absolute atomic E-state index is 0.0857. The zero-order chi connectivity index (χ0) is 23.8. The maximum Gasteiger partial charge on any atom is 0.251 e. The number of nitrogens with zero attached hydrogens (tertiary/aromatic N) is 4. The van der Waals surface area contributed by atoms with Crippen molar-refractivity contribution in [1.29, 1.82) is 0 Å². The molecule has 178 valence electrons. The number of piperazine rings is 1. The smallest absolute Gasteiger partial charge is 0.251 e. The average molecular weight is 462 g/mol. The van der Waals surface area contributed by atoms with Gasteiger partial charge in [-0.1, -0.05) is 53.2 Å². The maximum atomic E-state index is 12.5. The van der Waals surface area contributed by atoms with Crippen LogP contribution in [0.15, 0.2) is 59.1 Å². The summed E-state index contributed by atoms with van der Waals surface area (Å²) < 4.78 is 5.41. The number of aryl methyl sites for hydroxylation is 2. The normalized spacial score (nSPS) is 14.2. The Hall–Kier alpha value is -3.52. The Morgan fingerprint density at radius 2 is 1.74 bits per heavy atom. The van der Waals surface area contributed by atoms with Crippen LogP contribution in [0, 0.1) is 6.92 Å². The summed E-state index contributed by atoms with van der Waals surface area (Å²) in [5.41, 5.74) is 2.76. The summed E-state index contributed by atoms with van der Waals surface area (Å²) in [5, 5.41) is 6.91. The molecule has 4 rings (SSSR count). The van der Waals surface area contributed by atoms with Crippen LogP contribution in [0.4, 0.5) is 0 Å². The standard InChI is InChI=1S/C26H31N5O3/c1-20-9-11-21(12-10-20)25-28-23(34-29-25)8-5-15-30-16-18-31(19-17-30)24(32)13-14-27-26(33)22-6-3-2-4-7-22/h2-4,6-7,9-12H,5,8,13-19H2,1H3,(H,27,33). The fraction of sp³-hybridized carbons (Fsp3) is 0.385. The van der Waals surface area contributed by atoms with Gasteiger partial charge in [-0.2, -0.15) is 4.98 Å². The molecule has 0 atom stereocenters. The highest BCUT2D eigenvalue weighted by molar-refractivity contribution is 5.94. The van der Waals surface area contributed by atoms with E-state index >= 15 is 0 Å². The number of benzene rings is 2. The Kier molecular flexibility index (Phi) is 8.04. The van der Waals surface area contributed by atoms with Crippen LogP contribution < -0.4 is 5.32 Å². The Balaban J connectivity index is 1.12. The van der Waals surface area contributed by atoms with Gasteiger partial charge < -0.3 is 14.7 Å². The van der Waals surface area contributed by atoms with Gasteiger partial charge in [-0.3, -0.25) is 14.5 Å². The molecule has 2 heterocycles. The molecule has 8 nitrogen and oxygen atoms in total. The van der Waals surface area contributed by atoms with Gasteiger partial charge in [0.2, 0.25) is 17.6 Å². The summed E-state index contributed by atoms with van der Waals surface area (Å²) in [7, 11) is 0. The third-order valence-electron chi connectivity index (χ3n) is 6.03. The first-order valence-electron chi connectivity index (χ1n) is 11.8. The van der Waals surface area contributed by atoms with Crippen LogP contribution >= 0.6 is 0 Å². The molecule has 2 amide bonds. The second kappa shape index (κ2) is 11.6. The Labute approximate surface area is 199 Å². The van der Waals surface area contributed by atoms with Crippen LogP contribution in [0.25, 0.3) is 11.4 Å². The Morgan fingerprint density at radius 3 is 2.47 bits per heavy atom. The number of rotatable bonds is 9. The zero-order valence-corrected chi connectivity index (χ0v) is 19.6. The SMILES string of the molecule is Cc1ccc(-c2noc(CCCN3CCN(C(=O)CCNC(=O)c4ccccc4)CC3)n2)cc1. The van der Waals surface area contributed by atoms with E-state index in [1.165, 1.54) is 5.56 Å². The summed E-state index contributed by atoms with van der Waals surface area (Å²) in [6.45, 7) is 6.45. The van der Waals surface area contributed by atoms with Crippen LogP contribution in [0.1, 0.15) is 34.7 Å². The number of nitrogens with one attached hydrogen (secondary N) is 1. The van der Waals surface area contributed by atoms with Gasteiger partial charge in [-0.25, -0.2) is 0 Å². The van der Waals surface area contributed by atoms with E-state index in [1.54, 1.807) is 12.1 Å². The largest absolute Gasteiger partial charge is 0.352 e. The van der Waals surface area contributed by atoms with Crippen LogP contribution in [0.2, 0.25) is 0 Å². The van der Waals surface area contributed by atoms with Crippen molar-refractivity contribution in [2.45, 2.75) is 26.2 Å². The molecule has 1 saturated heterocycles. The maximum absolute atomic E-state index is 12.5. The molecular formula is C26H31N5O3. The second-order valence-electron chi connectivity index (χ2n) is 8.58. The van der Waals surface area contributed by atoms with E-state index in [2.05, 4.69) is 20.4 Å². The fourth-order valence-electron chi connectivity index (χ4n) is 3.98. The number of carbonyl (C=O) groups is 2. The van der Waals surface area contributed by atoms with E-state index in [0.29, 0.717) is 43.3 Å². The van der Waals surface area contributed by atoms with E-state index in [9.17, 15) is 9.59 Å². The molecule has 0 radical (unpaired) electrons. The van der Waals surface area contributed by atoms with Crippen molar-refractivity contribution in [2.75, 3.05) is 39.3 Å². The van der Waals surface area contributed by atoms with Crippen molar-refractivity contribution in [1.82, 2.24) is 25.3 Å². The first-order chi connectivity index (χ1) is 16.6. The quantitative estimate of drug-likeness (QED) is 0.527. The van der Waals surface area contributed by atoms with Crippen molar-refractivity contribution >= 4 is 11.8 Å². The van der Waals surface area contributed by atoms with Crippen LogP contribution in [-0.2, 0) is 11.2 Å². The lowest BCUT2D eigenvalue weighted by Crippen LogP contribution is -2.49. The van der Waals surface area contributed by atoms with Gasteiger partial charge in [0.05, 0.1) is 0 Å². The lowest BCUT2D eigenvalue weighted by atomic mass is 10.1. The zero-order valence-electron chi connectivity index (χ0n) is 19.6. The van der Waals surface area contributed by atoms with Gasteiger partial charge in [0, 0.05) is 56.7 Å². The van der Waals surface area contributed by atoms with E-state index < -0.39 is 0 Å². The summed E-state index contributed by atoms with van der Waals surface area (Å²) in [5.74, 6) is 1.22. The molecular weight excluding hydrogens is 430 g/mol. The topological polar surface area (TPSA) is 91.6 Å². The molecule has 1 aliphatic heterocycles. The molecule has 0 aliphatic carbocycles. The lowest BCUT2D eigenvalue weighted by molar-refractivity contribution is -0.132. The minimum atomic E-state index is -0.148. The number of hydrogen-bond donors (Lipinski definition) is 1. The number of amides is 2. The highest BCUT2D eigenvalue weighted by Gasteiger charge is 2.21. The first-order valence-corrected chi connectivity index (χ1v) is 11.8. The van der Waals surface area contributed by atoms with E-state index in [4.69, 9.17) is 4.52 Å². The molecule has 1 aliphatic rings. The Morgan fingerprint density at radius 1 is 1.00 bits per heavy atom. The van der Waals surface area contributed by atoms with Gasteiger partial charge in [0.25, 0.3) is 5.91 Å². The average Bonchev–Trinajstić information content (AvgIpc) is 3.34. The summed E-state index contributed by atoms with van der Waals surface area (Å²) >= 11 is 0. The summed E-state index contributed by atoms with van der Waals surface area (Å²) in [6.07, 6.45) is 1.98. The van der Waals surface area contributed by atoms with Gasteiger partial charge in [0.15, 0.2) is 0 Å². The molecule has 1 fully saturated rings. The molecule has 0 spiro atoms. The van der Waals surface area contributed by atoms with Crippen molar-refractivity contribution in [3.63, 3.8) is 0 Å². The number of aromatic nitrogens is 2. The number of hydrogen-bond acceptors (Lipinski definition) is 6. The molecule has 2 aromatic carbocycles. The van der Waals surface area contributed by atoms with Crippen molar-refractivity contribution in [3.8, 4) is 11.4 Å². The molecule has 3 aromatic rings. The second-order valence-corrected chi connectivity index (χ2v) is 8.58. The first kappa shape index (κ1) is 23.6. The van der Waals surface area contributed by atoms with E-state index in [-0.39, 0.29) is 11.8 Å². The Bertz CT molecular complexity index is 1070. The summed E-state index contributed by atoms with van der Waals surface area (Å²) in [4.78, 5) is 33.3. The molecule has 1 N–H and O–H groups in total. The van der Waals surface area contributed by atoms with Crippen LogP contribution in [-0.4, -0.2) is 71.0 Å². The van der Waals surface area contributed by atoms with Crippen LogP contribution in [0.3, 0.4) is 0 Å². The van der Waals surface area contributed by atoms with Crippen LogP contribution in [0.5, 0.6) is 0 Å². The number of carbonyl (C=O) groups excluding carboxylic acids is 2. The molecule has 8 heteroatoms. The monoisotopic (exact) mass is 461 g/mol. The molecule has 34 heavy (non-hydrogen) atoms. The molecule has 1 aromatic heterocycles. The predicted octanol–water partition coefficient (Wildman–Crippen LogP) is 2.94. The van der Waals surface area contributed by atoms with Gasteiger partial charge in [-0.15, -0.1) is 0 Å². The summed E-state index contributed by atoms with van der Waals surface area (Å²) in [6, 6.07) is 17.1. The third kappa shape index (κ3) is 6.51. The van der Waals surface area contributed by atoms with Gasteiger partial charge in [-0.05, 0) is 32.0 Å². The molecule has 0 bridgehead atoms. The van der Waals surface area contributed by atoms with Crippen molar-refractivity contribution in [2.24, 2.45) is 0 Å². The highest BCUT2D eigenvalue weighted by atomic mass is 16.5. The van der Waals surface area contributed by atoms with E-state index in [0.717, 1.165) is 38.0 Å². The highest BCUT2D eigenvalue weighted by Crippen LogP contribution is 2.17.